The van der Waals surface area contributed by atoms with Crippen LogP contribution in [0.15, 0.2) is 0 Å². The van der Waals surface area contributed by atoms with Crippen LogP contribution in [0.1, 0.15) is 32.1 Å². The van der Waals surface area contributed by atoms with E-state index < -0.39 is 24.4 Å². The molecule has 2 fully saturated rings. The summed E-state index contributed by atoms with van der Waals surface area (Å²) in [5.74, 6) is -0.290. The summed E-state index contributed by atoms with van der Waals surface area (Å²) in [4.78, 5) is 12.1. The summed E-state index contributed by atoms with van der Waals surface area (Å²) in [6.45, 7) is -0.613. The molecule has 8 heteroatoms. The zero-order valence-electron chi connectivity index (χ0n) is 11.7. The van der Waals surface area contributed by atoms with Gasteiger partial charge >= 0.3 is 6.18 Å². The summed E-state index contributed by atoms with van der Waals surface area (Å²) in [5.41, 5.74) is 4.94. The number of alkyl halides is 3. The average molecular weight is 310 g/mol. The number of ether oxygens (including phenoxy) is 2. The Morgan fingerprint density at radius 1 is 1.43 bits per heavy atom. The van der Waals surface area contributed by atoms with Crippen LogP contribution < -0.4 is 11.1 Å². The molecule has 0 aromatic carbocycles. The van der Waals surface area contributed by atoms with Crippen molar-refractivity contribution in [1.29, 1.82) is 0 Å². The van der Waals surface area contributed by atoms with Gasteiger partial charge in [0.25, 0.3) is 0 Å². The van der Waals surface area contributed by atoms with Crippen LogP contribution in [-0.4, -0.2) is 49.6 Å². The van der Waals surface area contributed by atoms with Crippen LogP contribution in [0.25, 0.3) is 0 Å². The number of carbonyl (C=O) groups is 1. The van der Waals surface area contributed by atoms with E-state index in [4.69, 9.17) is 15.2 Å². The van der Waals surface area contributed by atoms with Gasteiger partial charge in [-0.1, -0.05) is 0 Å². The molecule has 0 radical (unpaired) electrons. The molecule has 1 aliphatic carbocycles. The highest BCUT2D eigenvalue weighted by Crippen LogP contribution is 2.25. The lowest BCUT2D eigenvalue weighted by Crippen LogP contribution is -2.57. The van der Waals surface area contributed by atoms with Crippen molar-refractivity contribution in [2.24, 2.45) is 5.73 Å². The Balaban J connectivity index is 1.79. The molecule has 0 aromatic heterocycles. The summed E-state index contributed by atoms with van der Waals surface area (Å²) >= 11 is 0. The number of nitrogens with two attached hydrogens (primary N) is 1. The van der Waals surface area contributed by atoms with Crippen molar-refractivity contribution < 1.29 is 27.4 Å². The number of rotatable bonds is 4. The van der Waals surface area contributed by atoms with Crippen molar-refractivity contribution in [2.75, 3.05) is 19.8 Å². The van der Waals surface area contributed by atoms with Gasteiger partial charge in [0.15, 0.2) is 0 Å². The molecule has 1 saturated heterocycles. The Hall–Kier alpha value is -0.860. The molecule has 2 aliphatic rings. The second kappa shape index (κ2) is 6.50. The van der Waals surface area contributed by atoms with Crippen molar-refractivity contribution in [3.8, 4) is 0 Å². The summed E-state index contributed by atoms with van der Waals surface area (Å²) in [5, 5.41) is 2.82. The molecule has 0 bridgehead atoms. The Morgan fingerprint density at radius 3 is 2.81 bits per heavy atom. The molecule has 3 N–H and O–H groups in total. The lowest BCUT2D eigenvalue weighted by Gasteiger charge is -2.32. The molecule has 3 unspecified atom stereocenters. The van der Waals surface area contributed by atoms with Gasteiger partial charge in [0.2, 0.25) is 5.91 Å². The maximum Gasteiger partial charge on any atom is 0.411 e. The van der Waals surface area contributed by atoms with Gasteiger partial charge in [-0.3, -0.25) is 4.79 Å². The minimum absolute atomic E-state index is 0.180. The lowest BCUT2D eigenvalue weighted by atomic mass is 9.91. The van der Waals surface area contributed by atoms with E-state index in [1.807, 2.05) is 0 Å². The highest BCUT2D eigenvalue weighted by Gasteiger charge is 2.40. The van der Waals surface area contributed by atoms with Gasteiger partial charge in [-0.05, 0) is 32.1 Å². The molecule has 1 aliphatic heterocycles. The van der Waals surface area contributed by atoms with Gasteiger partial charge in [-0.15, -0.1) is 0 Å². The Labute approximate surface area is 121 Å². The first-order valence-corrected chi connectivity index (χ1v) is 7.14. The van der Waals surface area contributed by atoms with Crippen LogP contribution >= 0.6 is 0 Å². The van der Waals surface area contributed by atoms with Gasteiger partial charge < -0.3 is 20.5 Å². The first kappa shape index (κ1) is 16.5. The van der Waals surface area contributed by atoms with E-state index in [1.165, 1.54) is 0 Å². The van der Waals surface area contributed by atoms with E-state index in [0.717, 1.165) is 12.8 Å². The molecule has 1 heterocycles. The fourth-order valence-corrected chi connectivity index (χ4v) is 2.73. The highest BCUT2D eigenvalue weighted by atomic mass is 19.4. The van der Waals surface area contributed by atoms with Crippen molar-refractivity contribution in [1.82, 2.24) is 5.32 Å². The van der Waals surface area contributed by atoms with Crippen LogP contribution in [0.4, 0.5) is 13.2 Å². The number of hydrogen-bond acceptors (Lipinski definition) is 4. The van der Waals surface area contributed by atoms with Crippen LogP contribution in [0.2, 0.25) is 0 Å². The zero-order valence-corrected chi connectivity index (χ0v) is 11.7. The largest absolute Gasteiger partial charge is 0.411 e. The fraction of sp³-hybridized carbons (Fsp3) is 0.923. The highest BCUT2D eigenvalue weighted by molar-refractivity contribution is 5.86. The molecule has 21 heavy (non-hydrogen) atoms. The summed E-state index contributed by atoms with van der Waals surface area (Å²) in [6.07, 6.45) is -1.91. The molecule has 1 saturated carbocycles. The predicted octanol–water partition coefficient (Wildman–Crippen LogP) is 1.11. The molecule has 1 amide bonds. The van der Waals surface area contributed by atoms with Crippen LogP contribution in [0, 0.1) is 0 Å². The van der Waals surface area contributed by atoms with E-state index in [0.29, 0.717) is 25.9 Å². The van der Waals surface area contributed by atoms with E-state index in [1.54, 1.807) is 0 Å². The van der Waals surface area contributed by atoms with Gasteiger partial charge in [0.1, 0.15) is 12.1 Å². The van der Waals surface area contributed by atoms with Gasteiger partial charge in [0.05, 0.1) is 12.7 Å². The third-order valence-electron chi connectivity index (χ3n) is 3.95. The van der Waals surface area contributed by atoms with Gasteiger partial charge in [-0.2, -0.15) is 13.2 Å². The fourth-order valence-electron chi connectivity index (χ4n) is 2.73. The van der Waals surface area contributed by atoms with Crippen molar-refractivity contribution in [2.45, 2.75) is 56.0 Å². The average Bonchev–Trinajstić information content (AvgIpc) is 2.84. The molecule has 3 atom stereocenters. The zero-order chi connectivity index (χ0) is 15.5. The van der Waals surface area contributed by atoms with E-state index in [2.05, 4.69) is 5.32 Å². The lowest BCUT2D eigenvalue weighted by molar-refractivity contribution is -0.188. The minimum atomic E-state index is -4.32. The number of amides is 1. The first-order valence-electron chi connectivity index (χ1n) is 7.14. The smallest absolute Gasteiger partial charge is 0.379 e. The quantitative estimate of drug-likeness (QED) is 0.816. The van der Waals surface area contributed by atoms with Crippen molar-refractivity contribution >= 4 is 5.91 Å². The normalized spacial score (nSPS) is 33.9. The van der Waals surface area contributed by atoms with Crippen molar-refractivity contribution in [3.63, 3.8) is 0 Å². The predicted molar refractivity (Wildman–Crippen MR) is 68.5 cm³/mol. The second-order valence-electron chi connectivity index (χ2n) is 5.84. The monoisotopic (exact) mass is 310 g/mol. The first-order chi connectivity index (χ1) is 9.78. The van der Waals surface area contributed by atoms with Crippen LogP contribution in [0.3, 0.4) is 0 Å². The second-order valence-corrected chi connectivity index (χ2v) is 5.84. The summed E-state index contributed by atoms with van der Waals surface area (Å²) < 4.78 is 46.5. The SMILES string of the molecule is NC1(C(=O)NC2CCCC(OCC(F)(F)F)C2)CCOC1. The number of halogens is 3. The van der Waals surface area contributed by atoms with E-state index in [-0.39, 0.29) is 18.6 Å². The molecule has 122 valence electrons. The van der Waals surface area contributed by atoms with Crippen LogP contribution in [0.5, 0.6) is 0 Å². The number of carbonyl (C=O) groups excluding carboxylic acids is 1. The molecule has 0 spiro atoms. The summed E-state index contributed by atoms with van der Waals surface area (Å²) in [6, 6.07) is -0.189. The molecular formula is C13H21F3N2O3. The van der Waals surface area contributed by atoms with Gasteiger partial charge in [-0.25, -0.2) is 0 Å². The molecule has 0 aromatic rings. The Kier molecular flexibility index (Phi) is 5.11. The molecule has 5 nitrogen and oxygen atoms in total. The number of nitrogens with one attached hydrogen (secondary N) is 1. The topological polar surface area (TPSA) is 73.6 Å². The van der Waals surface area contributed by atoms with Gasteiger partial charge in [0, 0.05) is 12.6 Å². The third kappa shape index (κ3) is 4.82. The molecular weight excluding hydrogens is 289 g/mol. The number of hydrogen-bond donors (Lipinski definition) is 2. The standard InChI is InChI=1S/C13H21F3N2O3/c14-13(15,16)8-21-10-3-1-2-9(6-10)18-11(19)12(17)4-5-20-7-12/h9-10H,1-8,17H2,(H,18,19). The maximum absolute atomic E-state index is 12.1. The molecule has 2 rings (SSSR count). The third-order valence-corrected chi connectivity index (χ3v) is 3.95. The Morgan fingerprint density at radius 2 is 2.19 bits per heavy atom. The van der Waals surface area contributed by atoms with Crippen LogP contribution in [-0.2, 0) is 14.3 Å². The maximum atomic E-state index is 12.1. The van der Waals surface area contributed by atoms with E-state index >= 15 is 0 Å². The summed E-state index contributed by atoms with van der Waals surface area (Å²) in [7, 11) is 0. The Bertz CT molecular complexity index is 370. The van der Waals surface area contributed by atoms with E-state index in [9.17, 15) is 18.0 Å². The minimum Gasteiger partial charge on any atom is -0.379 e. The van der Waals surface area contributed by atoms with Crippen molar-refractivity contribution in [3.05, 3.63) is 0 Å².